The summed E-state index contributed by atoms with van der Waals surface area (Å²) in [6.45, 7) is 10.2. The normalized spacial score (nSPS) is 12.4. The van der Waals surface area contributed by atoms with Gasteiger partial charge in [0.15, 0.2) is 5.96 Å². The SMILES string of the molecule is CCNC(=NCc1ccccc1Cl)NCC(C)c1c(C)noc1C.I. The van der Waals surface area contributed by atoms with Crippen molar-refractivity contribution in [2.45, 2.75) is 40.2 Å². The first-order chi connectivity index (χ1) is 11.5. The fourth-order valence-electron chi connectivity index (χ4n) is 2.68. The van der Waals surface area contributed by atoms with E-state index in [0.717, 1.165) is 46.7 Å². The maximum atomic E-state index is 6.19. The highest BCUT2D eigenvalue weighted by Crippen LogP contribution is 2.22. The maximum absolute atomic E-state index is 6.19. The van der Waals surface area contributed by atoms with Crippen LogP contribution in [0.2, 0.25) is 5.02 Å². The third-order valence-electron chi connectivity index (χ3n) is 3.87. The molecule has 2 rings (SSSR count). The smallest absolute Gasteiger partial charge is 0.191 e. The van der Waals surface area contributed by atoms with Gasteiger partial charge in [-0.1, -0.05) is 41.9 Å². The van der Waals surface area contributed by atoms with Crippen LogP contribution in [0.4, 0.5) is 0 Å². The Bertz CT molecular complexity index is 683. The Morgan fingerprint density at radius 3 is 2.60 bits per heavy atom. The molecule has 0 saturated carbocycles. The van der Waals surface area contributed by atoms with Crippen LogP contribution in [0.1, 0.15) is 42.3 Å². The van der Waals surface area contributed by atoms with Crippen LogP contribution in [0.15, 0.2) is 33.8 Å². The molecule has 7 heteroatoms. The summed E-state index contributed by atoms with van der Waals surface area (Å²) in [5, 5.41) is 11.4. The summed E-state index contributed by atoms with van der Waals surface area (Å²) < 4.78 is 5.25. The number of aliphatic imine (C=N–C) groups is 1. The van der Waals surface area contributed by atoms with Gasteiger partial charge in [-0.15, -0.1) is 24.0 Å². The van der Waals surface area contributed by atoms with E-state index in [9.17, 15) is 0 Å². The van der Waals surface area contributed by atoms with Gasteiger partial charge in [-0.2, -0.15) is 0 Å². The summed E-state index contributed by atoms with van der Waals surface area (Å²) in [4.78, 5) is 4.61. The summed E-state index contributed by atoms with van der Waals surface area (Å²) in [7, 11) is 0. The molecule has 1 aromatic carbocycles. The van der Waals surface area contributed by atoms with Crippen LogP contribution in [0.5, 0.6) is 0 Å². The zero-order valence-corrected chi connectivity index (χ0v) is 18.2. The number of hydrogen-bond acceptors (Lipinski definition) is 3. The van der Waals surface area contributed by atoms with Gasteiger partial charge in [0.2, 0.25) is 0 Å². The van der Waals surface area contributed by atoms with Gasteiger partial charge in [-0.05, 0) is 32.4 Å². The molecule has 1 unspecified atom stereocenters. The Morgan fingerprint density at radius 1 is 1.28 bits per heavy atom. The first-order valence-electron chi connectivity index (χ1n) is 8.21. The predicted octanol–water partition coefficient (Wildman–Crippen LogP) is 4.42. The van der Waals surface area contributed by atoms with Crippen molar-refractivity contribution in [3.63, 3.8) is 0 Å². The summed E-state index contributed by atoms with van der Waals surface area (Å²) in [5.74, 6) is 1.93. The lowest BCUT2D eigenvalue weighted by atomic mass is 10.00. The molecular formula is C18H26ClIN4O. The first-order valence-corrected chi connectivity index (χ1v) is 8.59. The van der Waals surface area contributed by atoms with Crippen LogP contribution in [-0.2, 0) is 6.54 Å². The molecule has 0 radical (unpaired) electrons. The standard InChI is InChI=1S/C18H25ClN4O.HI/c1-5-20-18(22-11-15-8-6-7-9-16(15)19)21-10-12(2)17-13(3)23-24-14(17)4;/h6-9,12H,5,10-11H2,1-4H3,(H2,20,21,22);1H. The molecule has 0 amide bonds. The van der Waals surface area contributed by atoms with E-state index in [-0.39, 0.29) is 29.9 Å². The zero-order valence-electron chi connectivity index (χ0n) is 15.1. The number of nitrogens with one attached hydrogen (secondary N) is 2. The van der Waals surface area contributed by atoms with Gasteiger partial charge in [0.05, 0.1) is 12.2 Å². The minimum Gasteiger partial charge on any atom is -0.361 e. The average molecular weight is 477 g/mol. The van der Waals surface area contributed by atoms with E-state index in [4.69, 9.17) is 16.1 Å². The number of benzene rings is 1. The number of aryl methyl sites for hydroxylation is 2. The molecule has 2 N–H and O–H groups in total. The molecule has 0 saturated heterocycles. The third kappa shape index (κ3) is 6.18. The van der Waals surface area contributed by atoms with Gasteiger partial charge >= 0.3 is 0 Å². The van der Waals surface area contributed by atoms with Crippen molar-refractivity contribution in [3.05, 3.63) is 51.9 Å². The molecule has 0 aliphatic heterocycles. The zero-order chi connectivity index (χ0) is 17.5. The molecule has 138 valence electrons. The van der Waals surface area contributed by atoms with Crippen molar-refractivity contribution in [1.29, 1.82) is 0 Å². The molecule has 2 aromatic rings. The molecule has 0 aliphatic rings. The number of hydrogen-bond donors (Lipinski definition) is 2. The van der Waals surface area contributed by atoms with E-state index >= 15 is 0 Å². The molecule has 0 fully saturated rings. The van der Waals surface area contributed by atoms with E-state index in [1.807, 2.05) is 45.0 Å². The van der Waals surface area contributed by atoms with Crippen LogP contribution in [-0.4, -0.2) is 24.2 Å². The number of halogens is 2. The second-order valence-corrected chi connectivity index (χ2v) is 6.21. The number of guanidine groups is 1. The monoisotopic (exact) mass is 476 g/mol. The number of aromatic nitrogens is 1. The average Bonchev–Trinajstić information content (AvgIpc) is 2.90. The van der Waals surface area contributed by atoms with Gasteiger partial charge in [0, 0.05) is 29.6 Å². The highest BCUT2D eigenvalue weighted by molar-refractivity contribution is 14.0. The molecule has 0 bridgehead atoms. The fraction of sp³-hybridized carbons (Fsp3) is 0.444. The number of nitrogens with zero attached hydrogens (tertiary/aromatic N) is 2. The summed E-state index contributed by atoms with van der Waals surface area (Å²) in [5.41, 5.74) is 3.11. The second kappa shape index (κ2) is 10.7. The maximum Gasteiger partial charge on any atom is 0.191 e. The van der Waals surface area contributed by atoms with Crippen molar-refractivity contribution in [2.24, 2.45) is 4.99 Å². The van der Waals surface area contributed by atoms with E-state index in [0.29, 0.717) is 6.54 Å². The van der Waals surface area contributed by atoms with Crippen molar-refractivity contribution in [3.8, 4) is 0 Å². The third-order valence-corrected chi connectivity index (χ3v) is 4.24. The quantitative estimate of drug-likeness (QED) is 0.368. The van der Waals surface area contributed by atoms with Gasteiger partial charge < -0.3 is 15.2 Å². The van der Waals surface area contributed by atoms with Gasteiger partial charge in [0.25, 0.3) is 0 Å². The summed E-state index contributed by atoms with van der Waals surface area (Å²) >= 11 is 6.19. The predicted molar refractivity (Wildman–Crippen MR) is 114 cm³/mol. The van der Waals surface area contributed by atoms with Gasteiger partial charge in [-0.25, -0.2) is 4.99 Å². The van der Waals surface area contributed by atoms with Crippen LogP contribution >= 0.6 is 35.6 Å². The summed E-state index contributed by atoms with van der Waals surface area (Å²) in [6.07, 6.45) is 0. The molecular weight excluding hydrogens is 451 g/mol. The lowest BCUT2D eigenvalue weighted by molar-refractivity contribution is 0.391. The highest BCUT2D eigenvalue weighted by atomic mass is 127. The van der Waals surface area contributed by atoms with Crippen LogP contribution in [0.25, 0.3) is 0 Å². The molecule has 1 heterocycles. The van der Waals surface area contributed by atoms with Crippen molar-refractivity contribution >= 4 is 41.5 Å². The molecule has 5 nitrogen and oxygen atoms in total. The van der Waals surface area contributed by atoms with Gasteiger partial charge in [0.1, 0.15) is 5.76 Å². The fourth-order valence-corrected chi connectivity index (χ4v) is 2.87. The van der Waals surface area contributed by atoms with E-state index in [1.54, 1.807) is 0 Å². The van der Waals surface area contributed by atoms with Crippen molar-refractivity contribution in [2.75, 3.05) is 13.1 Å². The molecule has 1 atom stereocenters. The van der Waals surface area contributed by atoms with E-state index in [2.05, 4.69) is 27.7 Å². The summed E-state index contributed by atoms with van der Waals surface area (Å²) in [6, 6.07) is 7.76. The second-order valence-electron chi connectivity index (χ2n) is 5.81. The Balaban J connectivity index is 0.00000312. The topological polar surface area (TPSA) is 62.5 Å². The van der Waals surface area contributed by atoms with Crippen molar-refractivity contribution in [1.82, 2.24) is 15.8 Å². The molecule has 1 aromatic heterocycles. The molecule has 25 heavy (non-hydrogen) atoms. The number of rotatable bonds is 6. The largest absolute Gasteiger partial charge is 0.361 e. The Kier molecular flexibility index (Phi) is 9.27. The van der Waals surface area contributed by atoms with E-state index in [1.165, 1.54) is 0 Å². The Labute approximate surface area is 171 Å². The minimum absolute atomic E-state index is 0. The Morgan fingerprint density at radius 2 is 2.00 bits per heavy atom. The highest BCUT2D eigenvalue weighted by Gasteiger charge is 2.16. The van der Waals surface area contributed by atoms with Crippen molar-refractivity contribution < 1.29 is 4.52 Å². The van der Waals surface area contributed by atoms with Crippen LogP contribution in [0, 0.1) is 13.8 Å². The Hall–Kier alpha value is -1.28. The molecule has 0 spiro atoms. The lowest BCUT2D eigenvalue weighted by Gasteiger charge is -2.16. The first kappa shape index (κ1) is 21.8. The van der Waals surface area contributed by atoms with Crippen LogP contribution in [0.3, 0.4) is 0 Å². The van der Waals surface area contributed by atoms with Crippen LogP contribution < -0.4 is 10.6 Å². The lowest BCUT2D eigenvalue weighted by Crippen LogP contribution is -2.39. The van der Waals surface area contributed by atoms with Gasteiger partial charge in [-0.3, -0.25) is 0 Å². The van der Waals surface area contributed by atoms with E-state index < -0.39 is 0 Å². The molecule has 0 aliphatic carbocycles. The minimum atomic E-state index is 0.